The molecule has 0 saturated heterocycles. The summed E-state index contributed by atoms with van der Waals surface area (Å²) in [6.07, 6.45) is 5.45. The summed E-state index contributed by atoms with van der Waals surface area (Å²) in [5.74, 6) is -0.0416. The van der Waals surface area contributed by atoms with Gasteiger partial charge in [-0.15, -0.1) is 0 Å². The molecule has 2 unspecified atom stereocenters. The van der Waals surface area contributed by atoms with Crippen LogP contribution in [0, 0.1) is 0 Å². The van der Waals surface area contributed by atoms with Crippen LogP contribution in [0.2, 0.25) is 0 Å². The van der Waals surface area contributed by atoms with Gasteiger partial charge in [0.2, 0.25) is 5.91 Å². The highest BCUT2D eigenvalue weighted by Gasteiger charge is 2.23. The smallest absolute Gasteiger partial charge is 0.249 e. The standard InChI is InChI=1S/C13H25NO3/c1-3-12(17-11-6-4-5-7-11)13(16)14-9-8-10(2)15/h10-12,15H,3-9H2,1-2H3,(H,14,16). The van der Waals surface area contributed by atoms with Crippen molar-refractivity contribution >= 4 is 5.91 Å². The Morgan fingerprint density at radius 3 is 2.65 bits per heavy atom. The van der Waals surface area contributed by atoms with E-state index < -0.39 is 0 Å². The predicted molar refractivity (Wildman–Crippen MR) is 66.7 cm³/mol. The van der Waals surface area contributed by atoms with E-state index in [0.29, 0.717) is 19.4 Å². The molecule has 0 aromatic heterocycles. The Balaban J connectivity index is 2.25. The van der Waals surface area contributed by atoms with Gasteiger partial charge >= 0.3 is 0 Å². The van der Waals surface area contributed by atoms with Gasteiger partial charge in [0.1, 0.15) is 6.10 Å². The molecule has 1 aliphatic carbocycles. The van der Waals surface area contributed by atoms with E-state index in [1.807, 2.05) is 6.92 Å². The van der Waals surface area contributed by atoms with E-state index in [1.54, 1.807) is 6.92 Å². The lowest BCUT2D eigenvalue weighted by molar-refractivity contribution is -0.136. The van der Waals surface area contributed by atoms with Gasteiger partial charge in [0.05, 0.1) is 12.2 Å². The topological polar surface area (TPSA) is 58.6 Å². The van der Waals surface area contributed by atoms with Crippen molar-refractivity contribution in [2.24, 2.45) is 0 Å². The summed E-state index contributed by atoms with van der Waals surface area (Å²) in [7, 11) is 0. The second-order valence-electron chi connectivity index (χ2n) is 4.87. The van der Waals surface area contributed by atoms with Crippen LogP contribution in [0.15, 0.2) is 0 Å². The highest BCUT2D eigenvalue weighted by Crippen LogP contribution is 2.22. The minimum Gasteiger partial charge on any atom is -0.393 e. The zero-order valence-corrected chi connectivity index (χ0v) is 10.9. The second-order valence-corrected chi connectivity index (χ2v) is 4.87. The zero-order chi connectivity index (χ0) is 12.7. The monoisotopic (exact) mass is 243 g/mol. The Bertz CT molecular complexity index is 225. The van der Waals surface area contributed by atoms with Crippen molar-refractivity contribution in [3.8, 4) is 0 Å². The summed E-state index contributed by atoms with van der Waals surface area (Å²) >= 11 is 0. The van der Waals surface area contributed by atoms with Crippen LogP contribution in [0.4, 0.5) is 0 Å². The van der Waals surface area contributed by atoms with Crippen LogP contribution < -0.4 is 5.32 Å². The van der Waals surface area contributed by atoms with Crippen molar-refractivity contribution in [3.05, 3.63) is 0 Å². The molecule has 100 valence electrons. The van der Waals surface area contributed by atoms with Crippen LogP contribution in [0.5, 0.6) is 0 Å². The highest BCUT2D eigenvalue weighted by atomic mass is 16.5. The number of carbonyl (C=O) groups excluding carboxylic acids is 1. The minimum atomic E-state index is -0.369. The number of aliphatic hydroxyl groups is 1. The van der Waals surface area contributed by atoms with E-state index in [1.165, 1.54) is 12.8 Å². The summed E-state index contributed by atoms with van der Waals surface area (Å²) in [5.41, 5.74) is 0. The molecule has 2 atom stereocenters. The summed E-state index contributed by atoms with van der Waals surface area (Å²) in [4.78, 5) is 11.8. The fourth-order valence-corrected chi connectivity index (χ4v) is 2.12. The molecule has 0 aromatic rings. The normalized spacial score (nSPS) is 20.2. The fourth-order valence-electron chi connectivity index (χ4n) is 2.12. The van der Waals surface area contributed by atoms with Crippen LogP contribution in [0.1, 0.15) is 52.4 Å². The average molecular weight is 243 g/mol. The van der Waals surface area contributed by atoms with Gasteiger partial charge in [-0.05, 0) is 32.6 Å². The summed E-state index contributed by atoms with van der Waals surface area (Å²) in [6, 6.07) is 0. The number of rotatable bonds is 7. The highest BCUT2D eigenvalue weighted by molar-refractivity contribution is 5.80. The molecule has 0 radical (unpaired) electrons. The van der Waals surface area contributed by atoms with Gasteiger partial charge in [0.25, 0.3) is 0 Å². The van der Waals surface area contributed by atoms with Crippen LogP contribution in [-0.2, 0) is 9.53 Å². The van der Waals surface area contributed by atoms with E-state index in [0.717, 1.165) is 12.8 Å². The van der Waals surface area contributed by atoms with E-state index in [2.05, 4.69) is 5.32 Å². The molecule has 4 nitrogen and oxygen atoms in total. The van der Waals surface area contributed by atoms with E-state index in [9.17, 15) is 4.79 Å². The van der Waals surface area contributed by atoms with Gasteiger partial charge < -0.3 is 15.2 Å². The first kappa shape index (κ1) is 14.5. The number of hydrogen-bond acceptors (Lipinski definition) is 3. The molecule has 1 fully saturated rings. The third kappa shape index (κ3) is 5.50. The molecule has 0 spiro atoms. The molecule has 0 heterocycles. The third-order valence-corrected chi connectivity index (χ3v) is 3.18. The first-order valence-electron chi connectivity index (χ1n) is 6.74. The van der Waals surface area contributed by atoms with Crippen LogP contribution in [0.25, 0.3) is 0 Å². The van der Waals surface area contributed by atoms with Crippen molar-refractivity contribution in [1.82, 2.24) is 5.32 Å². The molecule has 2 N–H and O–H groups in total. The van der Waals surface area contributed by atoms with Gasteiger partial charge in [-0.25, -0.2) is 0 Å². The molecule has 17 heavy (non-hydrogen) atoms. The minimum absolute atomic E-state index is 0.0416. The quantitative estimate of drug-likeness (QED) is 0.714. The van der Waals surface area contributed by atoms with Crippen LogP contribution in [0.3, 0.4) is 0 Å². The molecule has 0 bridgehead atoms. The lowest BCUT2D eigenvalue weighted by atomic mass is 10.2. The first-order valence-corrected chi connectivity index (χ1v) is 6.74. The maximum atomic E-state index is 11.8. The molecule has 1 rings (SSSR count). The van der Waals surface area contributed by atoms with Gasteiger partial charge in [0, 0.05) is 6.54 Å². The van der Waals surface area contributed by atoms with Gasteiger partial charge in [-0.2, -0.15) is 0 Å². The number of amides is 1. The Kier molecular flexibility index (Phi) is 6.52. The molecule has 0 aliphatic heterocycles. The Morgan fingerprint density at radius 2 is 2.12 bits per heavy atom. The van der Waals surface area contributed by atoms with Crippen molar-refractivity contribution in [2.45, 2.75) is 70.7 Å². The van der Waals surface area contributed by atoms with Crippen molar-refractivity contribution in [3.63, 3.8) is 0 Å². The summed E-state index contributed by atoms with van der Waals surface area (Å²) in [6.45, 7) is 4.20. The Morgan fingerprint density at radius 1 is 1.47 bits per heavy atom. The number of hydrogen-bond donors (Lipinski definition) is 2. The lowest BCUT2D eigenvalue weighted by Gasteiger charge is -2.20. The van der Waals surface area contributed by atoms with Crippen molar-refractivity contribution < 1.29 is 14.6 Å². The lowest BCUT2D eigenvalue weighted by Crippen LogP contribution is -2.39. The van der Waals surface area contributed by atoms with Gasteiger partial charge in [-0.1, -0.05) is 19.8 Å². The van der Waals surface area contributed by atoms with Crippen molar-refractivity contribution in [2.75, 3.05) is 6.54 Å². The largest absolute Gasteiger partial charge is 0.393 e. The second kappa shape index (κ2) is 7.67. The summed E-state index contributed by atoms with van der Waals surface area (Å²) in [5, 5.41) is 11.9. The average Bonchev–Trinajstić information content (AvgIpc) is 2.77. The fraction of sp³-hybridized carbons (Fsp3) is 0.923. The molecular formula is C13H25NO3. The predicted octanol–water partition coefficient (Wildman–Crippen LogP) is 1.61. The van der Waals surface area contributed by atoms with Crippen LogP contribution >= 0.6 is 0 Å². The third-order valence-electron chi connectivity index (χ3n) is 3.18. The number of ether oxygens (including phenoxy) is 1. The molecular weight excluding hydrogens is 218 g/mol. The number of nitrogens with one attached hydrogen (secondary N) is 1. The van der Waals surface area contributed by atoms with Crippen LogP contribution in [-0.4, -0.2) is 35.9 Å². The molecule has 1 amide bonds. The maximum Gasteiger partial charge on any atom is 0.249 e. The number of carbonyl (C=O) groups is 1. The molecule has 0 aromatic carbocycles. The Hall–Kier alpha value is -0.610. The van der Waals surface area contributed by atoms with Gasteiger partial charge in [0.15, 0.2) is 0 Å². The summed E-state index contributed by atoms with van der Waals surface area (Å²) < 4.78 is 5.81. The maximum absolute atomic E-state index is 11.8. The first-order chi connectivity index (χ1) is 8.13. The Labute approximate surface area is 104 Å². The van der Waals surface area contributed by atoms with E-state index in [-0.39, 0.29) is 24.2 Å². The van der Waals surface area contributed by atoms with Crippen molar-refractivity contribution in [1.29, 1.82) is 0 Å². The van der Waals surface area contributed by atoms with E-state index in [4.69, 9.17) is 9.84 Å². The SMILES string of the molecule is CCC(OC1CCCC1)C(=O)NCCC(C)O. The van der Waals surface area contributed by atoms with Gasteiger partial charge in [-0.3, -0.25) is 4.79 Å². The molecule has 1 aliphatic rings. The molecule has 4 heteroatoms. The van der Waals surface area contributed by atoms with E-state index >= 15 is 0 Å². The number of aliphatic hydroxyl groups excluding tert-OH is 1. The molecule has 1 saturated carbocycles. The zero-order valence-electron chi connectivity index (χ0n) is 10.9.